The van der Waals surface area contributed by atoms with Gasteiger partial charge in [-0.25, -0.2) is 4.79 Å². The van der Waals surface area contributed by atoms with Gasteiger partial charge in [-0.05, 0) is 40.2 Å². The molecule has 0 saturated heterocycles. The molecule has 0 spiro atoms. The number of hydrogen-bond donors (Lipinski definition) is 1. The fourth-order valence-corrected chi connectivity index (χ4v) is 1.80. The van der Waals surface area contributed by atoms with Gasteiger partial charge in [-0.15, -0.1) is 0 Å². The third-order valence-electron chi connectivity index (χ3n) is 2.38. The lowest BCUT2D eigenvalue weighted by atomic mass is 10.2. The van der Waals surface area contributed by atoms with E-state index in [4.69, 9.17) is 14.3 Å². The van der Waals surface area contributed by atoms with Gasteiger partial charge in [-0.3, -0.25) is 10.1 Å². The molecule has 1 heterocycles. The maximum atomic E-state index is 10.9. The van der Waals surface area contributed by atoms with Crippen LogP contribution in [0.25, 0.3) is 0 Å². The first-order valence-corrected chi connectivity index (χ1v) is 6.15. The van der Waals surface area contributed by atoms with Crippen molar-refractivity contribution in [2.45, 2.75) is 6.61 Å². The number of aromatic carboxylic acids is 1. The lowest BCUT2D eigenvalue weighted by Gasteiger charge is -2.07. The van der Waals surface area contributed by atoms with Gasteiger partial charge in [0.2, 0.25) is 0 Å². The second kappa shape index (κ2) is 5.74. The number of carboxylic acid groups (broad SMARTS) is 1. The molecular formula is C12H8BrNO6. The molecule has 0 fully saturated rings. The fourth-order valence-electron chi connectivity index (χ4n) is 1.44. The highest BCUT2D eigenvalue weighted by molar-refractivity contribution is 9.10. The largest absolute Gasteiger partial charge is 0.484 e. The zero-order chi connectivity index (χ0) is 14.7. The van der Waals surface area contributed by atoms with Crippen molar-refractivity contribution in [2.75, 3.05) is 0 Å². The smallest absolute Gasteiger partial charge is 0.433 e. The Morgan fingerprint density at radius 3 is 2.75 bits per heavy atom. The van der Waals surface area contributed by atoms with Crippen LogP contribution in [-0.4, -0.2) is 16.0 Å². The predicted molar refractivity (Wildman–Crippen MR) is 70.8 cm³/mol. The van der Waals surface area contributed by atoms with E-state index in [1.54, 1.807) is 6.07 Å². The molecule has 0 bridgehead atoms. The Kier molecular flexibility index (Phi) is 4.04. The molecule has 2 aromatic rings. The van der Waals surface area contributed by atoms with Crippen LogP contribution in [0.3, 0.4) is 0 Å². The Morgan fingerprint density at radius 1 is 1.40 bits per heavy atom. The van der Waals surface area contributed by atoms with Crippen molar-refractivity contribution in [3.05, 3.63) is 56.2 Å². The molecule has 1 aromatic carbocycles. The van der Waals surface area contributed by atoms with Crippen molar-refractivity contribution in [3.8, 4) is 5.75 Å². The number of carboxylic acids is 1. The molecule has 0 amide bonds. The van der Waals surface area contributed by atoms with Gasteiger partial charge in [0.05, 0.1) is 16.1 Å². The molecule has 0 aliphatic heterocycles. The number of halogens is 1. The molecule has 2 rings (SSSR count). The van der Waals surface area contributed by atoms with E-state index in [0.29, 0.717) is 10.2 Å². The first-order chi connectivity index (χ1) is 9.47. The molecule has 0 saturated carbocycles. The SMILES string of the molecule is O=C(O)c1ccc(Br)c(OCc2ccc([N+](=O)[O-])o2)c1. The average Bonchev–Trinajstić information content (AvgIpc) is 2.86. The van der Waals surface area contributed by atoms with Crippen LogP contribution in [-0.2, 0) is 6.61 Å². The Morgan fingerprint density at radius 2 is 2.15 bits per heavy atom. The number of benzene rings is 1. The van der Waals surface area contributed by atoms with Crippen molar-refractivity contribution in [1.82, 2.24) is 0 Å². The van der Waals surface area contributed by atoms with Crippen molar-refractivity contribution in [1.29, 1.82) is 0 Å². The van der Waals surface area contributed by atoms with E-state index >= 15 is 0 Å². The molecule has 0 aliphatic rings. The highest BCUT2D eigenvalue weighted by Gasteiger charge is 2.13. The number of carbonyl (C=O) groups is 1. The Labute approximate surface area is 121 Å². The number of nitrogens with zero attached hydrogens (tertiary/aromatic N) is 1. The molecule has 0 atom stereocenters. The Hall–Kier alpha value is -2.35. The lowest BCUT2D eigenvalue weighted by Crippen LogP contribution is -1.99. The van der Waals surface area contributed by atoms with Gasteiger partial charge in [-0.2, -0.15) is 0 Å². The zero-order valence-electron chi connectivity index (χ0n) is 9.91. The molecular weight excluding hydrogens is 334 g/mol. The summed E-state index contributed by atoms with van der Waals surface area (Å²) in [5.74, 6) is -0.869. The number of nitro groups is 1. The van der Waals surface area contributed by atoms with Gasteiger partial charge < -0.3 is 14.3 Å². The van der Waals surface area contributed by atoms with E-state index < -0.39 is 10.9 Å². The third-order valence-corrected chi connectivity index (χ3v) is 3.03. The van der Waals surface area contributed by atoms with Crippen LogP contribution in [0.15, 0.2) is 39.2 Å². The molecule has 0 radical (unpaired) electrons. The summed E-state index contributed by atoms with van der Waals surface area (Å²) in [7, 11) is 0. The summed E-state index contributed by atoms with van der Waals surface area (Å²) in [5, 5.41) is 19.3. The van der Waals surface area contributed by atoms with Crippen LogP contribution in [0.1, 0.15) is 16.1 Å². The summed E-state index contributed by atoms with van der Waals surface area (Å²) in [6, 6.07) is 6.97. The Balaban J connectivity index is 2.11. The predicted octanol–water partition coefficient (Wildman–Crippen LogP) is 3.23. The van der Waals surface area contributed by atoms with Crippen LogP contribution in [0, 0.1) is 10.1 Å². The van der Waals surface area contributed by atoms with Crippen molar-refractivity contribution >= 4 is 27.8 Å². The lowest BCUT2D eigenvalue weighted by molar-refractivity contribution is -0.402. The topological polar surface area (TPSA) is 103 Å². The molecule has 1 N–H and O–H groups in total. The molecule has 1 aromatic heterocycles. The van der Waals surface area contributed by atoms with Crippen molar-refractivity contribution in [3.63, 3.8) is 0 Å². The molecule has 7 nitrogen and oxygen atoms in total. The van der Waals surface area contributed by atoms with E-state index in [2.05, 4.69) is 15.9 Å². The zero-order valence-corrected chi connectivity index (χ0v) is 11.5. The minimum atomic E-state index is -1.07. The highest BCUT2D eigenvalue weighted by Crippen LogP contribution is 2.27. The van der Waals surface area contributed by atoms with E-state index in [9.17, 15) is 14.9 Å². The van der Waals surface area contributed by atoms with Gasteiger partial charge in [0.15, 0.2) is 0 Å². The van der Waals surface area contributed by atoms with E-state index in [-0.39, 0.29) is 23.8 Å². The van der Waals surface area contributed by atoms with Crippen LogP contribution < -0.4 is 4.74 Å². The van der Waals surface area contributed by atoms with Gasteiger partial charge in [0.25, 0.3) is 0 Å². The standard InChI is InChI=1S/C12H8BrNO6/c13-9-3-1-7(12(15)16)5-10(9)19-6-8-2-4-11(20-8)14(17)18/h1-5H,6H2,(H,15,16). The number of rotatable bonds is 5. The summed E-state index contributed by atoms with van der Waals surface area (Å²) < 4.78 is 10.9. The summed E-state index contributed by atoms with van der Waals surface area (Å²) in [4.78, 5) is 20.7. The van der Waals surface area contributed by atoms with Gasteiger partial charge in [0, 0.05) is 0 Å². The minimum Gasteiger partial charge on any atom is -0.484 e. The summed E-state index contributed by atoms with van der Waals surface area (Å²) >= 11 is 3.22. The minimum absolute atomic E-state index is 0.0461. The number of hydrogen-bond acceptors (Lipinski definition) is 5. The van der Waals surface area contributed by atoms with Crippen LogP contribution in [0.5, 0.6) is 5.75 Å². The summed E-state index contributed by atoms with van der Waals surface area (Å²) in [6.07, 6.45) is 0. The maximum absolute atomic E-state index is 10.9. The first kappa shape index (κ1) is 14.1. The van der Waals surface area contributed by atoms with Crippen LogP contribution >= 0.6 is 15.9 Å². The molecule has 20 heavy (non-hydrogen) atoms. The normalized spacial score (nSPS) is 10.2. The van der Waals surface area contributed by atoms with E-state index in [1.165, 1.54) is 24.3 Å². The van der Waals surface area contributed by atoms with Crippen LogP contribution in [0.4, 0.5) is 5.88 Å². The number of ether oxygens (including phenoxy) is 1. The molecule has 8 heteroatoms. The monoisotopic (exact) mass is 341 g/mol. The second-order valence-corrected chi connectivity index (χ2v) is 4.59. The first-order valence-electron chi connectivity index (χ1n) is 5.36. The number of furan rings is 1. The van der Waals surface area contributed by atoms with Crippen molar-refractivity contribution < 1.29 is 24.0 Å². The quantitative estimate of drug-likeness (QED) is 0.661. The molecule has 0 unspecified atom stereocenters. The highest BCUT2D eigenvalue weighted by atomic mass is 79.9. The van der Waals surface area contributed by atoms with Gasteiger partial charge in [-0.1, -0.05) is 0 Å². The van der Waals surface area contributed by atoms with E-state index in [1.807, 2.05) is 0 Å². The van der Waals surface area contributed by atoms with Crippen molar-refractivity contribution in [2.24, 2.45) is 0 Å². The molecule has 0 aliphatic carbocycles. The van der Waals surface area contributed by atoms with Crippen LogP contribution in [0.2, 0.25) is 0 Å². The summed E-state index contributed by atoms with van der Waals surface area (Å²) in [6.45, 7) is -0.0461. The van der Waals surface area contributed by atoms with E-state index in [0.717, 1.165) is 0 Å². The molecule has 104 valence electrons. The second-order valence-electron chi connectivity index (χ2n) is 3.74. The third kappa shape index (κ3) is 3.15. The van der Waals surface area contributed by atoms with Gasteiger partial charge in [0.1, 0.15) is 23.0 Å². The maximum Gasteiger partial charge on any atom is 0.433 e. The van der Waals surface area contributed by atoms with Gasteiger partial charge >= 0.3 is 11.9 Å². The average molecular weight is 342 g/mol. The summed E-state index contributed by atoms with van der Waals surface area (Å²) in [5.41, 5.74) is 0.0774. The fraction of sp³-hybridized carbons (Fsp3) is 0.0833. The Bertz CT molecular complexity index is 666.